The van der Waals surface area contributed by atoms with Gasteiger partial charge in [-0.3, -0.25) is 14.3 Å². The average molecular weight is 362 g/mol. The normalized spacial score (nSPS) is 13.7. The number of rotatable bonds is 1. The van der Waals surface area contributed by atoms with E-state index >= 15 is 0 Å². The van der Waals surface area contributed by atoms with E-state index in [1.54, 1.807) is 23.2 Å². The van der Waals surface area contributed by atoms with Crippen molar-refractivity contribution in [2.45, 2.75) is 6.42 Å². The Labute approximate surface area is 152 Å². The largest absolute Gasteiger partial charge is 0.308 e. The lowest BCUT2D eigenvalue weighted by Gasteiger charge is -2.06. The number of fused-ring (bicyclic) bond motifs is 3. The number of hydrogen-bond donors (Lipinski definition) is 0. The zero-order chi connectivity index (χ0) is 17.7. The van der Waals surface area contributed by atoms with Gasteiger partial charge in [-0.1, -0.05) is 23.7 Å². The molecule has 1 aliphatic rings. The summed E-state index contributed by atoms with van der Waals surface area (Å²) in [5.74, 6) is 0.609. The highest BCUT2D eigenvalue weighted by molar-refractivity contribution is 6.30. The highest BCUT2D eigenvalue weighted by Crippen LogP contribution is 2.33. The van der Waals surface area contributed by atoms with Crippen molar-refractivity contribution >= 4 is 40.2 Å². The maximum atomic E-state index is 13.3. The predicted molar refractivity (Wildman–Crippen MR) is 103 cm³/mol. The molecule has 6 nitrogen and oxygen atoms in total. The van der Waals surface area contributed by atoms with E-state index in [9.17, 15) is 4.79 Å². The van der Waals surface area contributed by atoms with E-state index in [0.717, 1.165) is 22.2 Å². The van der Waals surface area contributed by atoms with Crippen LogP contribution in [0.25, 0.3) is 27.7 Å². The van der Waals surface area contributed by atoms with E-state index < -0.39 is 0 Å². The summed E-state index contributed by atoms with van der Waals surface area (Å²) < 4.78 is 3.42. The van der Waals surface area contributed by atoms with Gasteiger partial charge < -0.3 is 4.40 Å². The Morgan fingerprint density at radius 2 is 1.92 bits per heavy atom. The summed E-state index contributed by atoms with van der Waals surface area (Å²) >= 11 is 6.04. The van der Waals surface area contributed by atoms with Gasteiger partial charge in [0.25, 0.3) is 5.56 Å². The first kappa shape index (κ1) is 15.0. The minimum Gasteiger partial charge on any atom is -0.308 e. The lowest BCUT2D eigenvalue weighted by molar-refractivity contribution is 0.997. The smallest absolute Gasteiger partial charge is 0.281 e. The van der Waals surface area contributed by atoms with E-state index in [-0.39, 0.29) is 5.56 Å². The molecule has 0 unspecified atom stereocenters. The molecule has 0 spiro atoms. The average Bonchev–Trinajstić information content (AvgIpc) is 3.30. The first-order valence-corrected chi connectivity index (χ1v) is 8.47. The number of nitrogens with zero attached hydrogens (tertiary/aromatic N) is 5. The van der Waals surface area contributed by atoms with Crippen LogP contribution < -0.4 is 5.56 Å². The highest BCUT2D eigenvalue weighted by atomic mass is 35.5. The Morgan fingerprint density at radius 3 is 2.69 bits per heavy atom. The quantitative estimate of drug-likeness (QED) is 0.520. The Hall–Kier alpha value is -3.25. The Balaban J connectivity index is 1.92. The SMILES string of the molecule is O=c1c2c(-c3ccc(Cl)cc3)c3ncccc3n2ccn1C1=NN=CC1. The van der Waals surface area contributed by atoms with Crippen molar-refractivity contribution in [3.05, 3.63) is 70.4 Å². The molecule has 4 heterocycles. The maximum absolute atomic E-state index is 13.3. The number of halogens is 1. The monoisotopic (exact) mass is 361 g/mol. The van der Waals surface area contributed by atoms with Gasteiger partial charge in [-0.15, -0.1) is 5.10 Å². The molecular formula is C19H12ClN5O. The van der Waals surface area contributed by atoms with Crippen molar-refractivity contribution in [1.82, 2.24) is 14.0 Å². The van der Waals surface area contributed by atoms with Gasteiger partial charge in [0.2, 0.25) is 0 Å². The van der Waals surface area contributed by atoms with Crippen molar-refractivity contribution in [1.29, 1.82) is 0 Å². The van der Waals surface area contributed by atoms with E-state index in [1.807, 2.05) is 47.0 Å². The molecule has 0 saturated heterocycles. The van der Waals surface area contributed by atoms with Crippen LogP contribution in [-0.2, 0) is 0 Å². The van der Waals surface area contributed by atoms with Gasteiger partial charge in [-0.05, 0) is 29.8 Å². The second-order valence-corrected chi connectivity index (χ2v) is 6.40. The molecule has 3 aromatic heterocycles. The van der Waals surface area contributed by atoms with Crippen LogP contribution in [0.1, 0.15) is 6.42 Å². The molecule has 0 saturated carbocycles. The number of hydrogen-bond acceptors (Lipinski definition) is 4. The minimum absolute atomic E-state index is 0.153. The third-order valence-corrected chi connectivity index (χ3v) is 4.74. The van der Waals surface area contributed by atoms with Gasteiger partial charge in [0, 0.05) is 41.8 Å². The second-order valence-electron chi connectivity index (χ2n) is 5.96. The first-order chi connectivity index (χ1) is 12.7. The standard InChI is InChI=1S/C19H12ClN5O/c20-13-5-3-12(4-6-13)16-17-14(2-1-8-21-17)24-10-11-25(19(26)18(16)24)15-7-9-22-23-15/h1-6,8-11H,7H2. The summed E-state index contributed by atoms with van der Waals surface area (Å²) in [4.78, 5) is 17.8. The van der Waals surface area contributed by atoms with Crippen LogP contribution in [0.4, 0.5) is 0 Å². The number of pyridine rings is 1. The molecule has 0 radical (unpaired) electrons. The molecule has 0 bridgehead atoms. The zero-order valence-corrected chi connectivity index (χ0v) is 14.3. The molecule has 7 heteroatoms. The third-order valence-electron chi connectivity index (χ3n) is 4.49. The minimum atomic E-state index is -0.153. The molecule has 0 atom stereocenters. The Morgan fingerprint density at radius 1 is 1.08 bits per heavy atom. The zero-order valence-electron chi connectivity index (χ0n) is 13.5. The van der Waals surface area contributed by atoms with Crippen LogP contribution in [0.5, 0.6) is 0 Å². The summed E-state index contributed by atoms with van der Waals surface area (Å²) in [6, 6.07) is 11.2. The van der Waals surface area contributed by atoms with Gasteiger partial charge in [-0.25, -0.2) is 0 Å². The predicted octanol–water partition coefficient (Wildman–Crippen LogP) is 3.61. The van der Waals surface area contributed by atoms with E-state index in [4.69, 9.17) is 11.6 Å². The first-order valence-electron chi connectivity index (χ1n) is 8.09. The second kappa shape index (κ2) is 5.64. The summed E-state index contributed by atoms with van der Waals surface area (Å²) in [5, 5.41) is 8.56. The van der Waals surface area contributed by atoms with Crippen molar-refractivity contribution in [2.24, 2.45) is 10.2 Å². The molecule has 126 valence electrons. The lowest BCUT2D eigenvalue weighted by atomic mass is 10.1. The molecule has 1 aliphatic heterocycles. The van der Waals surface area contributed by atoms with Crippen LogP contribution in [-0.4, -0.2) is 26.0 Å². The fraction of sp³-hybridized carbons (Fsp3) is 0.0526. The van der Waals surface area contributed by atoms with Crippen LogP contribution in [0, 0.1) is 0 Å². The molecule has 5 rings (SSSR count). The lowest BCUT2D eigenvalue weighted by Crippen LogP contribution is -2.27. The molecule has 1 aromatic carbocycles. The summed E-state index contributed by atoms with van der Waals surface area (Å²) in [5.41, 5.74) is 3.73. The van der Waals surface area contributed by atoms with Crippen molar-refractivity contribution in [2.75, 3.05) is 0 Å². The summed E-state index contributed by atoms with van der Waals surface area (Å²) in [6.45, 7) is 0. The van der Waals surface area contributed by atoms with Crippen LogP contribution in [0.3, 0.4) is 0 Å². The van der Waals surface area contributed by atoms with Crippen LogP contribution in [0.15, 0.2) is 70.0 Å². The van der Waals surface area contributed by atoms with Crippen LogP contribution in [0.2, 0.25) is 5.02 Å². The van der Waals surface area contributed by atoms with E-state index in [2.05, 4.69) is 15.2 Å². The molecule has 4 aromatic rings. The van der Waals surface area contributed by atoms with Gasteiger partial charge in [0.15, 0.2) is 0 Å². The Bertz CT molecular complexity index is 1280. The molecule has 0 amide bonds. The van der Waals surface area contributed by atoms with Gasteiger partial charge in [0.05, 0.1) is 11.0 Å². The summed E-state index contributed by atoms with van der Waals surface area (Å²) in [7, 11) is 0. The Kier molecular flexibility index (Phi) is 3.26. The van der Waals surface area contributed by atoms with Crippen LogP contribution >= 0.6 is 11.6 Å². The molecule has 26 heavy (non-hydrogen) atoms. The topological polar surface area (TPSA) is 64.0 Å². The molecule has 0 N–H and O–H groups in total. The number of benzene rings is 1. The maximum Gasteiger partial charge on any atom is 0.281 e. The molecular weight excluding hydrogens is 350 g/mol. The van der Waals surface area contributed by atoms with Gasteiger partial charge >= 0.3 is 0 Å². The third kappa shape index (κ3) is 2.12. The number of aromatic nitrogens is 3. The van der Waals surface area contributed by atoms with E-state index in [0.29, 0.717) is 22.8 Å². The molecule has 0 aliphatic carbocycles. The van der Waals surface area contributed by atoms with Crippen molar-refractivity contribution < 1.29 is 0 Å². The van der Waals surface area contributed by atoms with Crippen molar-refractivity contribution in [3.63, 3.8) is 0 Å². The van der Waals surface area contributed by atoms with E-state index in [1.165, 1.54) is 0 Å². The molecule has 0 fully saturated rings. The van der Waals surface area contributed by atoms with Gasteiger partial charge in [0.1, 0.15) is 11.4 Å². The fourth-order valence-electron chi connectivity index (χ4n) is 3.33. The van der Waals surface area contributed by atoms with Gasteiger partial charge in [-0.2, -0.15) is 5.10 Å². The fourth-order valence-corrected chi connectivity index (χ4v) is 3.45. The van der Waals surface area contributed by atoms with Crippen molar-refractivity contribution in [3.8, 4) is 11.1 Å². The highest BCUT2D eigenvalue weighted by Gasteiger charge is 2.20. The summed E-state index contributed by atoms with van der Waals surface area (Å²) in [6.07, 6.45) is 7.53.